The zero-order chi connectivity index (χ0) is 9.97. The molecular weight excluding hydrogens is 174 g/mol. The van der Waals surface area contributed by atoms with Gasteiger partial charge in [-0.05, 0) is 25.2 Å². The normalized spacial score (nSPS) is 31.7. The lowest BCUT2D eigenvalue weighted by Crippen LogP contribution is -2.37. The van der Waals surface area contributed by atoms with Crippen LogP contribution in [-0.2, 0) is 4.79 Å². The largest absolute Gasteiger partial charge is 0.339 e. The summed E-state index contributed by atoms with van der Waals surface area (Å²) in [6.45, 7) is 4.61. The van der Waals surface area contributed by atoms with Gasteiger partial charge in [0.15, 0.2) is 0 Å². The van der Waals surface area contributed by atoms with Crippen LogP contribution >= 0.6 is 0 Å². The Morgan fingerprint density at radius 3 is 3.00 bits per heavy atom. The molecule has 14 heavy (non-hydrogen) atoms. The fourth-order valence-electron chi connectivity index (χ4n) is 2.88. The van der Waals surface area contributed by atoms with Crippen LogP contribution in [0.4, 0.5) is 0 Å². The van der Waals surface area contributed by atoms with Crippen LogP contribution in [0.3, 0.4) is 0 Å². The standard InChI is InChI=1S/C12H19NO/c1-2-3-8-13-11-7-5-4-6-10(11)9-12(13)14/h2,10-11H,1,3-9H2/t10-,11-/m0/s1. The molecule has 0 unspecified atom stereocenters. The van der Waals surface area contributed by atoms with Gasteiger partial charge in [0.2, 0.25) is 5.91 Å². The molecule has 1 saturated carbocycles. The van der Waals surface area contributed by atoms with Crippen LogP contribution in [0.15, 0.2) is 12.7 Å². The van der Waals surface area contributed by atoms with Crippen molar-refractivity contribution in [2.45, 2.75) is 44.6 Å². The van der Waals surface area contributed by atoms with E-state index in [0.717, 1.165) is 19.4 Å². The summed E-state index contributed by atoms with van der Waals surface area (Å²) in [5.74, 6) is 1.05. The highest BCUT2D eigenvalue weighted by molar-refractivity contribution is 5.79. The van der Waals surface area contributed by atoms with Crippen molar-refractivity contribution in [3.8, 4) is 0 Å². The zero-order valence-corrected chi connectivity index (χ0v) is 8.74. The Morgan fingerprint density at radius 1 is 1.43 bits per heavy atom. The van der Waals surface area contributed by atoms with Crippen LogP contribution in [0.5, 0.6) is 0 Å². The molecule has 2 nitrogen and oxygen atoms in total. The summed E-state index contributed by atoms with van der Waals surface area (Å²) in [6, 6.07) is 0.566. The van der Waals surface area contributed by atoms with Gasteiger partial charge < -0.3 is 4.90 Å². The molecule has 1 saturated heterocycles. The average Bonchev–Trinajstić information content (AvgIpc) is 2.51. The number of fused-ring (bicyclic) bond motifs is 1. The SMILES string of the molecule is C=CCCN1C(=O)C[C@@H]2CCCC[C@@H]21. The van der Waals surface area contributed by atoms with E-state index < -0.39 is 0 Å². The first-order chi connectivity index (χ1) is 6.83. The lowest BCUT2D eigenvalue weighted by molar-refractivity contribution is -0.128. The highest BCUT2D eigenvalue weighted by Gasteiger charge is 2.39. The molecule has 0 radical (unpaired) electrons. The highest BCUT2D eigenvalue weighted by atomic mass is 16.2. The fraction of sp³-hybridized carbons (Fsp3) is 0.750. The Hall–Kier alpha value is -0.790. The van der Waals surface area contributed by atoms with Gasteiger partial charge in [-0.3, -0.25) is 4.79 Å². The quantitative estimate of drug-likeness (QED) is 0.630. The zero-order valence-electron chi connectivity index (χ0n) is 8.74. The van der Waals surface area contributed by atoms with Gasteiger partial charge in [0.25, 0.3) is 0 Å². The molecule has 78 valence electrons. The maximum atomic E-state index is 11.7. The molecule has 2 fully saturated rings. The Morgan fingerprint density at radius 2 is 2.21 bits per heavy atom. The van der Waals surface area contributed by atoms with Gasteiger partial charge in [0.05, 0.1) is 0 Å². The number of amides is 1. The van der Waals surface area contributed by atoms with Crippen molar-refractivity contribution < 1.29 is 4.79 Å². The van der Waals surface area contributed by atoms with Crippen LogP contribution in [0.25, 0.3) is 0 Å². The molecule has 1 heterocycles. The van der Waals surface area contributed by atoms with Crippen LogP contribution in [0, 0.1) is 5.92 Å². The smallest absolute Gasteiger partial charge is 0.223 e. The lowest BCUT2D eigenvalue weighted by Gasteiger charge is -2.31. The number of carbonyl (C=O) groups is 1. The van der Waals surface area contributed by atoms with Gasteiger partial charge in [-0.25, -0.2) is 0 Å². The molecule has 0 aromatic rings. The van der Waals surface area contributed by atoms with Gasteiger partial charge in [-0.1, -0.05) is 18.9 Å². The minimum absolute atomic E-state index is 0.378. The number of nitrogens with zero attached hydrogens (tertiary/aromatic N) is 1. The Balaban J connectivity index is 2.00. The van der Waals surface area contributed by atoms with Crippen molar-refractivity contribution in [2.24, 2.45) is 5.92 Å². The van der Waals surface area contributed by atoms with Crippen molar-refractivity contribution >= 4 is 5.91 Å². The van der Waals surface area contributed by atoms with Gasteiger partial charge in [-0.2, -0.15) is 0 Å². The van der Waals surface area contributed by atoms with Crippen molar-refractivity contribution in [3.05, 3.63) is 12.7 Å². The van der Waals surface area contributed by atoms with Gasteiger partial charge in [0, 0.05) is 19.0 Å². The molecule has 1 aliphatic heterocycles. The topological polar surface area (TPSA) is 20.3 Å². The Labute approximate surface area is 86.0 Å². The van der Waals surface area contributed by atoms with E-state index in [1.54, 1.807) is 0 Å². The van der Waals surface area contributed by atoms with Gasteiger partial charge in [0.1, 0.15) is 0 Å². The Bertz CT molecular complexity index is 236. The summed E-state index contributed by atoms with van der Waals surface area (Å²) < 4.78 is 0. The minimum atomic E-state index is 0.378. The minimum Gasteiger partial charge on any atom is -0.339 e. The molecule has 0 spiro atoms. The first kappa shape index (κ1) is 9.75. The van der Waals surface area contributed by atoms with E-state index in [1.165, 1.54) is 25.7 Å². The monoisotopic (exact) mass is 193 g/mol. The van der Waals surface area contributed by atoms with Crippen LogP contribution < -0.4 is 0 Å². The van der Waals surface area contributed by atoms with Crippen LogP contribution in [0.2, 0.25) is 0 Å². The van der Waals surface area contributed by atoms with E-state index in [9.17, 15) is 4.79 Å². The van der Waals surface area contributed by atoms with Gasteiger partial charge >= 0.3 is 0 Å². The maximum Gasteiger partial charge on any atom is 0.223 e. The number of rotatable bonds is 3. The predicted octanol–water partition coefficient (Wildman–Crippen LogP) is 2.35. The van der Waals surface area contributed by atoms with Gasteiger partial charge in [-0.15, -0.1) is 6.58 Å². The first-order valence-corrected chi connectivity index (χ1v) is 5.73. The third-order valence-corrected chi connectivity index (χ3v) is 3.60. The predicted molar refractivity (Wildman–Crippen MR) is 56.9 cm³/mol. The summed E-state index contributed by atoms with van der Waals surface area (Å²) in [5, 5.41) is 0. The average molecular weight is 193 g/mol. The molecule has 2 aliphatic rings. The molecule has 2 rings (SSSR count). The van der Waals surface area contributed by atoms with E-state index in [0.29, 0.717) is 17.9 Å². The summed E-state index contributed by atoms with van der Waals surface area (Å²) in [5.41, 5.74) is 0. The molecule has 0 aromatic heterocycles. The summed E-state index contributed by atoms with van der Waals surface area (Å²) in [7, 11) is 0. The maximum absolute atomic E-state index is 11.7. The van der Waals surface area contributed by atoms with Crippen LogP contribution in [0.1, 0.15) is 38.5 Å². The molecule has 0 aromatic carbocycles. The molecule has 0 N–H and O–H groups in total. The second-order valence-corrected chi connectivity index (χ2v) is 4.48. The Kier molecular flexibility index (Phi) is 2.90. The fourth-order valence-corrected chi connectivity index (χ4v) is 2.88. The van der Waals surface area contributed by atoms with E-state index in [2.05, 4.69) is 11.5 Å². The highest BCUT2D eigenvalue weighted by Crippen LogP contribution is 2.36. The molecule has 0 bridgehead atoms. The summed E-state index contributed by atoms with van der Waals surface area (Å²) in [4.78, 5) is 13.8. The number of hydrogen-bond acceptors (Lipinski definition) is 1. The third-order valence-electron chi connectivity index (χ3n) is 3.60. The molecular formula is C12H19NO. The van der Waals surface area contributed by atoms with Crippen molar-refractivity contribution in [3.63, 3.8) is 0 Å². The van der Waals surface area contributed by atoms with E-state index in [1.807, 2.05) is 6.08 Å². The molecule has 1 aliphatic carbocycles. The summed E-state index contributed by atoms with van der Waals surface area (Å²) >= 11 is 0. The van der Waals surface area contributed by atoms with E-state index >= 15 is 0 Å². The van der Waals surface area contributed by atoms with E-state index in [-0.39, 0.29) is 0 Å². The first-order valence-electron chi connectivity index (χ1n) is 5.73. The number of carbonyl (C=O) groups excluding carboxylic acids is 1. The second-order valence-electron chi connectivity index (χ2n) is 4.48. The van der Waals surface area contributed by atoms with Crippen molar-refractivity contribution in [2.75, 3.05) is 6.54 Å². The number of hydrogen-bond donors (Lipinski definition) is 0. The third kappa shape index (κ3) is 1.70. The van der Waals surface area contributed by atoms with Crippen molar-refractivity contribution in [1.82, 2.24) is 4.90 Å². The number of likely N-dealkylation sites (tertiary alicyclic amines) is 1. The second kappa shape index (κ2) is 4.16. The molecule has 2 atom stereocenters. The van der Waals surface area contributed by atoms with Crippen LogP contribution in [-0.4, -0.2) is 23.4 Å². The lowest BCUT2D eigenvalue weighted by atomic mass is 9.85. The molecule has 1 amide bonds. The van der Waals surface area contributed by atoms with E-state index in [4.69, 9.17) is 0 Å². The van der Waals surface area contributed by atoms with Crippen molar-refractivity contribution in [1.29, 1.82) is 0 Å². The summed E-state index contributed by atoms with van der Waals surface area (Å²) in [6.07, 6.45) is 8.78. The molecule has 2 heteroatoms.